The topological polar surface area (TPSA) is 35.6 Å². The lowest BCUT2D eigenvalue weighted by molar-refractivity contribution is 0.164. The Morgan fingerprint density at radius 2 is 2.00 bits per heavy atom. The van der Waals surface area contributed by atoms with E-state index in [1.54, 1.807) is 0 Å². The van der Waals surface area contributed by atoms with Gasteiger partial charge in [-0.2, -0.15) is 0 Å². The lowest BCUT2D eigenvalue weighted by Gasteiger charge is -2.31. The van der Waals surface area contributed by atoms with Crippen molar-refractivity contribution in [1.82, 2.24) is 15.1 Å². The van der Waals surface area contributed by atoms with E-state index in [-0.39, 0.29) is 11.8 Å². The monoisotopic (exact) mass is 355 g/mol. The second-order valence-electron chi connectivity index (χ2n) is 5.66. The average Bonchev–Trinajstić information content (AvgIpc) is 2.80. The molecule has 1 N–H and O–H groups in total. The quantitative estimate of drug-likeness (QED) is 0.904. The van der Waals surface area contributed by atoms with Crippen LogP contribution in [0.4, 0.5) is 9.18 Å². The third-order valence-corrected chi connectivity index (χ3v) is 4.63. The highest BCUT2D eigenvalue weighted by Crippen LogP contribution is 2.22. The van der Waals surface area contributed by atoms with Crippen LogP contribution in [0.5, 0.6) is 0 Å². The molecule has 0 saturated carbocycles. The number of carbonyl (C=O) groups is 1. The predicted molar refractivity (Wildman–Crippen MR) is 82.5 cm³/mol. The molecule has 3 rings (SSSR count). The van der Waals surface area contributed by atoms with Gasteiger partial charge in [0.2, 0.25) is 0 Å². The van der Waals surface area contributed by atoms with E-state index < -0.39 is 0 Å². The van der Waals surface area contributed by atoms with Crippen LogP contribution in [0.2, 0.25) is 0 Å². The van der Waals surface area contributed by atoms with E-state index >= 15 is 0 Å². The minimum atomic E-state index is -0.277. The molecule has 114 valence electrons. The van der Waals surface area contributed by atoms with Crippen LogP contribution in [0.15, 0.2) is 22.7 Å². The van der Waals surface area contributed by atoms with Crippen LogP contribution in [0.1, 0.15) is 18.4 Å². The Hall–Kier alpha value is -1.14. The summed E-state index contributed by atoms with van der Waals surface area (Å²) in [7, 11) is 0. The predicted octanol–water partition coefficient (Wildman–Crippen LogP) is 2.58. The van der Waals surface area contributed by atoms with Gasteiger partial charge in [0.05, 0.1) is 0 Å². The van der Waals surface area contributed by atoms with Crippen LogP contribution in [0.3, 0.4) is 0 Å². The van der Waals surface area contributed by atoms with Gasteiger partial charge in [-0.1, -0.05) is 15.9 Å². The Balaban J connectivity index is 1.66. The number of rotatable bonds is 3. The molecule has 6 heteroatoms. The zero-order valence-corrected chi connectivity index (χ0v) is 13.4. The highest BCUT2D eigenvalue weighted by Gasteiger charge is 2.34. The molecule has 2 saturated heterocycles. The summed E-state index contributed by atoms with van der Waals surface area (Å²) in [6.45, 7) is 3.92. The zero-order valence-electron chi connectivity index (χ0n) is 11.8. The van der Waals surface area contributed by atoms with E-state index in [1.165, 1.54) is 12.1 Å². The maximum atomic E-state index is 13.4. The van der Waals surface area contributed by atoms with E-state index in [1.807, 2.05) is 15.9 Å². The normalized spacial score (nSPS) is 20.4. The maximum Gasteiger partial charge on any atom is 0.320 e. The fourth-order valence-corrected chi connectivity index (χ4v) is 3.64. The number of benzene rings is 1. The highest BCUT2D eigenvalue weighted by atomic mass is 79.9. The molecule has 1 aromatic rings. The lowest BCUT2D eigenvalue weighted by atomic mass is 10.1. The van der Waals surface area contributed by atoms with E-state index in [4.69, 9.17) is 0 Å². The number of amides is 2. The number of urea groups is 1. The van der Waals surface area contributed by atoms with Crippen LogP contribution >= 0.6 is 15.9 Å². The van der Waals surface area contributed by atoms with Gasteiger partial charge in [-0.05, 0) is 49.7 Å². The van der Waals surface area contributed by atoms with Crippen LogP contribution in [-0.4, -0.2) is 48.1 Å². The van der Waals surface area contributed by atoms with Crippen molar-refractivity contribution >= 4 is 22.0 Å². The third-order valence-electron chi connectivity index (χ3n) is 4.17. The number of carbonyl (C=O) groups excluding carboxylic acids is 1. The first-order valence-electron chi connectivity index (χ1n) is 7.35. The number of hydrogen-bond acceptors (Lipinski definition) is 2. The third kappa shape index (κ3) is 3.37. The van der Waals surface area contributed by atoms with E-state index in [2.05, 4.69) is 21.2 Å². The number of nitrogens with one attached hydrogen (secondary N) is 1. The zero-order chi connectivity index (χ0) is 14.8. The number of halogens is 2. The van der Waals surface area contributed by atoms with Crippen molar-refractivity contribution in [2.45, 2.75) is 25.4 Å². The molecule has 0 bridgehead atoms. The van der Waals surface area contributed by atoms with Crippen molar-refractivity contribution in [2.75, 3.05) is 26.2 Å². The fraction of sp³-hybridized carbons (Fsp3) is 0.533. The van der Waals surface area contributed by atoms with Gasteiger partial charge < -0.3 is 15.1 Å². The summed E-state index contributed by atoms with van der Waals surface area (Å²) >= 11 is 3.29. The van der Waals surface area contributed by atoms with Gasteiger partial charge >= 0.3 is 6.03 Å². The van der Waals surface area contributed by atoms with E-state index in [0.29, 0.717) is 17.1 Å². The van der Waals surface area contributed by atoms with Crippen molar-refractivity contribution in [2.24, 2.45) is 0 Å². The standard InChI is InChI=1S/C15H19BrFN3O/c16-12-7-11(8-13(17)9-12)10-19-5-6-20(15(19)21)14-1-3-18-4-2-14/h7-9,14,18H,1-6,10H2. The Morgan fingerprint density at radius 3 is 2.71 bits per heavy atom. The molecule has 0 unspecified atom stereocenters. The van der Waals surface area contributed by atoms with E-state index in [9.17, 15) is 9.18 Å². The fourth-order valence-electron chi connectivity index (χ4n) is 3.13. The molecular formula is C15H19BrFN3O. The Labute approximate surface area is 132 Å². The summed E-state index contributed by atoms with van der Waals surface area (Å²) in [5, 5.41) is 3.32. The first-order valence-corrected chi connectivity index (χ1v) is 8.14. The molecule has 0 spiro atoms. The Morgan fingerprint density at radius 1 is 1.24 bits per heavy atom. The average molecular weight is 356 g/mol. The van der Waals surface area contributed by atoms with Gasteiger partial charge in [0.25, 0.3) is 0 Å². The molecule has 4 nitrogen and oxygen atoms in total. The molecule has 0 radical (unpaired) electrons. The maximum absolute atomic E-state index is 13.4. The van der Waals surface area contributed by atoms with Crippen molar-refractivity contribution in [1.29, 1.82) is 0 Å². The van der Waals surface area contributed by atoms with Gasteiger partial charge in [-0.3, -0.25) is 0 Å². The molecule has 2 amide bonds. The minimum absolute atomic E-state index is 0.0854. The second-order valence-corrected chi connectivity index (χ2v) is 6.57. The Bertz CT molecular complexity index is 513. The molecule has 0 aliphatic carbocycles. The molecular weight excluding hydrogens is 337 g/mol. The molecule has 21 heavy (non-hydrogen) atoms. The summed E-state index contributed by atoms with van der Waals surface area (Å²) < 4.78 is 14.1. The summed E-state index contributed by atoms with van der Waals surface area (Å²) in [5.74, 6) is -0.277. The van der Waals surface area contributed by atoms with Crippen LogP contribution in [0, 0.1) is 5.82 Å². The molecule has 2 fully saturated rings. The minimum Gasteiger partial charge on any atom is -0.320 e. The van der Waals surface area contributed by atoms with Crippen LogP contribution in [-0.2, 0) is 6.54 Å². The first-order chi connectivity index (χ1) is 10.1. The first kappa shape index (κ1) is 14.8. The number of nitrogens with zero attached hydrogens (tertiary/aromatic N) is 2. The molecule has 0 atom stereocenters. The smallest absolute Gasteiger partial charge is 0.320 e. The summed E-state index contributed by atoms with van der Waals surface area (Å²) in [5.41, 5.74) is 0.822. The van der Waals surface area contributed by atoms with Gasteiger partial charge in [0, 0.05) is 30.1 Å². The summed E-state index contributed by atoms with van der Waals surface area (Å²) in [4.78, 5) is 16.3. The number of piperidine rings is 1. The largest absolute Gasteiger partial charge is 0.320 e. The van der Waals surface area contributed by atoms with Crippen LogP contribution in [0.25, 0.3) is 0 Å². The Kier molecular flexibility index (Phi) is 4.45. The van der Waals surface area contributed by atoms with Gasteiger partial charge in [0.15, 0.2) is 0 Å². The SMILES string of the molecule is O=C1N(Cc2cc(F)cc(Br)c2)CCN1C1CCNCC1. The number of hydrogen-bond donors (Lipinski definition) is 1. The summed E-state index contributed by atoms with van der Waals surface area (Å²) in [6.07, 6.45) is 2.04. The van der Waals surface area contributed by atoms with Crippen molar-refractivity contribution < 1.29 is 9.18 Å². The highest BCUT2D eigenvalue weighted by molar-refractivity contribution is 9.10. The molecule has 2 aliphatic heterocycles. The lowest BCUT2D eigenvalue weighted by Crippen LogP contribution is -2.45. The second kappa shape index (κ2) is 6.32. The van der Waals surface area contributed by atoms with Crippen LogP contribution < -0.4 is 5.32 Å². The van der Waals surface area contributed by atoms with Crippen molar-refractivity contribution in [3.63, 3.8) is 0 Å². The van der Waals surface area contributed by atoms with Gasteiger partial charge in [-0.15, -0.1) is 0 Å². The van der Waals surface area contributed by atoms with Gasteiger partial charge in [-0.25, -0.2) is 9.18 Å². The molecule has 0 aromatic heterocycles. The van der Waals surface area contributed by atoms with Crippen molar-refractivity contribution in [3.8, 4) is 0 Å². The van der Waals surface area contributed by atoms with E-state index in [0.717, 1.165) is 44.6 Å². The summed E-state index contributed by atoms with van der Waals surface area (Å²) in [6, 6.07) is 5.22. The molecule has 2 heterocycles. The molecule has 1 aromatic carbocycles. The molecule has 2 aliphatic rings. The van der Waals surface area contributed by atoms with Gasteiger partial charge in [0.1, 0.15) is 5.82 Å². The van der Waals surface area contributed by atoms with Crippen molar-refractivity contribution in [3.05, 3.63) is 34.1 Å².